The van der Waals surface area contributed by atoms with Crippen molar-refractivity contribution in [2.45, 2.75) is 19.4 Å². The molecule has 0 fully saturated rings. The van der Waals surface area contributed by atoms with Crippen molar-refractivity contribution in [1.29, 1.82) is 0 Å². The van der Waals surface area contributed by atoms with Crippen LogP contribution in [0.2, 0.25) is 0 Å². The van der Waals surface area contributed by atoms with Gasteiger partial charge in [-0.3, -0.25) is 0 Å². The number of hydrogen-bond acceptors (Lipinski definition) is 6. The van der Waals surface area contributed by atoms with Gasteiger partial charge in [0.25, 0.3) is 0 Å². The van der Waals surface area contributed by atoms with Crippen molar-refractivity contribution in [1.82, 2.24) is 15.3 Å². The minimum Gasteiger partial charge on any atom is -0.480 e. The lowest BCUT2D eigenvalue weighted by atomic mass is 10.1. The lowest BCUT2D eigenvalue weighted by Crippen LogP contribution is -2.24. The molecule has 108 valence electrons. The van der Waals surface area contributed by atoms with E-state index in [-0.39, 0.29) is 6.04 Å². The molecular weight excluding hydrogens is 274 g/mol. The molecule has 6 heteroatoms. The maximum absolute atomic E-state index is 5.34. The Balaban J connectivity index is 2.28. The maximum atomic E-state index is 5.34. The van der Waals surface area contributed by atoms with E-state index in [1.54, 1.807) is 31.8 Å². The summed E-state index contributed by atoms with van der Waals surface area (Å²) in [7, 11) is 3.16. The van der Waals surface area contributed by atoms with Crippen LogP contribution in [0.25, 0.3) is 0 Å². The van der Waals surface area contributed by atoms with Crippen molar-refractivity contribution in [3.8, 4) is 11.8 Å². The number of nitrogens with zero attached hydrogens (tertiary/aromatic N) is 2. The van der Waals surface area contributed by atoms with Crippen LogP contribution in [-0.2, 0) is 6.42 Å². The van der Waals surface area contributed by atoms with Crippen LogP contribution in [0.5, 0.6) is 11.8 Å². The highest BCUT2D eigenvalue weighted by atomic mass is 32.1. The topological polar surface area (TPSA) is 56.3 Å². The summed E-state index contributed by atoms with van der Waals surface area (Å²) >= 11 is 1.74. The largest absolute Gasteiger partial charge is 0.480 e. The summed E-state index contributed by atoms with van der Waals surface area (Å²) < 4.78 is 10.4. The van der Waals surface area contributed by atoms with E-state index in [2.05, 4.69) is 39.7 Å². The lowest BCUT2D eigenvalue weighted by Gasteiger charge is -2.18. The van der Waals surface area contributed by atoms with E-state index < -0.39 is 0 Å². The summed E-state index contributed by atoms with van der Waals surface area (Å²) in [4.78, 5) is 10.0. The minimum atomic E-state index is 0.0759. The van der Waals surface area contributed by atoms with Crippen molar-refractivity contribution in [2.75, 3.05) is 20.8 Å². The molecule has 0 spiro atoms. The summed E-state index contributed by atoms with van der Waals surface area (Å²) in [5.41, 5.74) is 0.809. The van der Waals surface area contributed by atoms with Crippen molar-refractivity contribution in [3.05, 3.63) is 34.3 Å². The number of nitrogens with one attached hydrogen (secondary N) is 1. The van der Waals surface area contributed by atoms with Gasteiger partial charge >= 0.3 is 0 Å². The third-order valence-corrected chi connectivity index (χ3v) is 3.81. The third-order valence-electron chi connectivity index (χ3n) is 2.91. The molecule has 1 atom stereocenters. The van der Waals surface area contributed by atoms with Crippen molar-refractivity contribution in [3.63, 3.8) is 0 Å². The van der Waals surface area contributed by atoms with Crippen molar-refractivity contribution in [2.24, 2.45) is 0 Å². The first-order valence-corrected chi connectivity index (χ1v) is 7.37. The van der Waals surface area contributed by atoms with Gasteiger partial charge in [0.2, 0.25) is 11.8 Å². The number of ether oxygens (including phenoxy) is 2. The second kappa shape index (κ2) is 7.21. The summed E-state index contributed by atoms with van der Waals surface area (Å²) in [6, 6.07) is 4.25. The van der Waals surface area contributed by atoms with E-state index in [1.807, 2.05) is 0 Å². The predicted octanol–water partition coefficient (Wildman–Crippen LogP) is 2.45. The van der Waals surface area contributed by atoms with Crippen LogP contribution in [-0.4, -0.2) is 30.7 Å². The average molecular weight is 293 g/mol. The van der Waals surface area contributed by atoms with Crippen LogP contribution in [0, 0.1) is 0 Å². The van der Waals surface area contributed by atoms with Crippen LogP contribution >= 0.6 is 11.3 Å². The Kier molecular flexibility index (Phi) is 5.31. The normalized spacial score (nSPS) is 12.2. The Labute approximate surface area is 123 Å². The zero-order valence-corrected chi connectivity index (χ0v) is 12.7. The number of thiophene rings is 1. The van der Waals surface area contributed by atoms with Gasteiger partial charge in [-0.2, -0.15) is 4.98 Å². The molecule has 0 aliphatic carbocycles. The molecule has 0 aliphatic heterocycles. The Hall–Kier alpha value is -1.66. The van der Waals surface area contributed by atoms with Crippen molar-refractivity contribution >= 4 is 11.3 Å². The third kappa shape index (κ3) is 3.46. The van der Waals surface area contributed by atoms with Crippen LogP contribution in [0.1, 0.15) is 23.5 Å². The van der Waals surface area contributed by atoms with Gasteiger partial charge in [0.05, 0.1) is 26.5 Å². The molecule has 0 aromatic carbocycles. The van der Waals surface area contributed by atoms with E-state index in [4.69, 9.17) is 9.47 Å². The van der Waals surface area contributed by atoms with E-state index in [0.717, 1.165) is 18.7 Å². The van der Waals surface area contributed by atoms with E-state index in [1.165, 1.54) is 4.88 Å². The molecule has 2 aromatic rings. The lowest BCUT2D eigenvalue weighted by molar-refractivity contribution is 0.349. The second-order valence-corrected chi connectivity index (χ2v) is 5.23. The highest BCUT2D eigenvalue weighted by molar-refractivity contribution is 7.09. The number of methoxy groups -OCH3 is 2. The van der Waals surface area contributed by atoms with Gasteiger partial charge in [0.15, 0.2) is 0 Å². The number of hydrogen-bond donors (Lipinski definition) is 1. The van der Waals surface area contributed by atoms with Gasteiger partial charge in [-0.05, 0) is 18.0 Å². The van der Waals surface area contributed by atoms with Gasteiger partial charge in [-0.15, -0.1) is 11.3 Å². The Morgan fingerprint density at radius 3 is 2.80 bits per heavy atom. The first-order chi connectivity index (χ1) is 9.78. The highest BCUT2D eigenvalue weighted by Gasteiger charge is 2.20. The molecule has 1 N–H and O–H groups in total. The fraction of sp³-hybridized carbons (Fsp3) is 0.429. The molecule has 1 unspecified atom stereocenters. The SMILES string of the molecule is CCNC(Cc1cccs1)c1ncc(OC)nc1OC. The smallest absolute Gasteiger partial charge is 0.240 e. The highest BCUT2D eigenvalue weighted by Crippen LogP contribution is 2.27. The zero-order chi connectivity index (χ0) is 14.4. The van der Waals surface area contributed by atoms with Crippen LogP contribution < -0.4 is 14.8 Å². The first kappa shape index (κ1) is 14.7. The summed E-state index contributed by atoms with van der Waals surface area (Å²) in [5.74, 6) is 0.962. The average Bonchev–Trinajstić information content (AvgIpc) is 2.99. The number of likely N-dealkylation sites (N-methyl/N-ethyl adjacent to an activating group) is 1. The molecule has 0 aliphatic rings. The van der Waals surface area contributed by atoms with E-state index in [9.17, 15) is 0 Å². The Morgan fingerprint density at radius 2 is 2.20 bits per heavy atom. The quantitative estimate of drug-likeness (QED) is 0.850. The number of aromatic nitrogens is 2. The van der Waals surface area contributed by atoms with Gasteiger partial charge in [0, 0.05) is 11.3 Å². The van der Waals surface area contributed by atoms with Gasteiger partial charge < -0.3 is 14.8 Å². The molecule has 2 rings (SSSR count). The Morgan fingerprint density at radius 1 is 1.35 bits per heavy atom. The summed E-state index contributed by atoms with van der Waals surface area (Å²) in [5, 5.41) is 5.51. The van der Waals surface area contributed by atoms with Crippen molar-refractivity contribution < 1.29 is 9.47 Å². The molecule has 0 saturated carbocycles. The fourth-order valence-electron chi connectivity index (χ4n) is 2.00. The Bertz CT molecular complexity index is 531. The summed E-state index contributed by atoms with van der Waals surface area (Å²) in [6.45, 7) is 2.93. The molecular formula is C14H19N3O2S. The molecule has 5 nitrogen and oxygen atoms in total. The molecule has 0 radical (unpaired) electrons. The van der Waals surface area contributed by atoms with Gasteiger partial charge in [-0.1, -0.05) is 13.0 Å². The fourth-order valence-corrected chi connectivity index (χ4v) is 2.75. The van der Waals surface area contributed by atoms with Crippen LogP contribution in [0.15, 0.2) is 23.7 Å². The zero-order valence-electron chi connectivity index (χ0n) is 11.9. The minimum absolute atomic E-state index is 0.0759. The van der Waals surface area contributed by atoms with Gasteiger partial charge in [-0.25, -0.2) is 4.98 Å². The standard InChI is InChI=1S/C14H19N3O2S/c1-4-15-11(8-10-6-5-7-20-10)13-14(19-3)17-12(18-2)9-16-13/h5-7,9,11,15H,4,8H2,1-3H3. The molecule has 0 amide bonds. The molecule has 0 bridgehead atoms. The van der Waals surface area contributed by atoms with E-state index in [0.29, 0.717) is 11.8 Å². The molecule has 0 saturated heterocycles. The maximum Gasteiger partial charge on any atom is 0.240 e. The second-order valence-electron chi connectivity index (χ2n) is 4.20. The summed E-state index contributed by atoms with van der Waals surface area (Å²) in [6.07, 6.45) is 2.49. The van der Waals surface area contributed by atoms with E-state index >= 15 is 0 Å². The first-order valence-electron chi connectivity index (χ1n) is 6.49. The molecule has 2 aromatic heterocycles. The predicted molar refractivity (Wildman–Crippen MR) is 79.6 cm³/mol. The monoisotopic (exact) mass is 293 g/mol. The number of rotatable bonds is 7. The van der Waals surface area contributed by atoms with Crippen LogP contribution in [0.4, 0.5) is 0 Å². The molecule has 2 heterocycles. The molecule has 20 heavy (non-hydrogen) atoms. The van der Waals surface area contributed by atoms with Crippen LogP contribution in [0.3, 0.4) is 0 Å². The van der Waals surface area contributed by atoms with Gasteiger partial charge in [0.1, 0.15) is 5.69 Å².